The van der Waals surface area contributed by atoms with Gasteiger partial charge in [-0.15, -0.1) is 5.10 Å². The van der Waals surface area contributed by atoms with Crippen LogP contribution in [0.5, 0.6) is 0 Å². The van der Waals surface area contributed by atoms with Crippen molar-refractivity contribution in [3.63, 3.8) is 0 Å². The third-order valence-electron chi connectivity index (χ3n) is 5.49. The summed E-state index contributed by atoms with van der Waals surface area (Å²) in [6, 6.07) is 1.94. The van der Waals surface area contributed by atoms with E-state index >= 15 is 0 Å². The van der Waals surface area contributed by atoms with E-state index in [1.165, 1.54) is 0 Å². The Morgan fingerprint density at radius 2 is 2.04 bits per heavy atom. The van der Waals surface area contributed by atoms with Crippen LogP contribution in [0.1, 0.15) is 48.9 Å². The van der Waals surface area contributed by atoms with Crippen LogP contribution in [-0.4, -0.2) is 54.6 Å². The Labute approximate surface area is 146 Å². The second-order valence-electron chi connectivity index (χ2n) is 7.00. The SMILES string of the molecule is O=C(c1cncc(-n2ccnn2)c1)N1CCCC1C1CCCCC1O. The fourth-order valence-electron chi connectivity index (χ4n) is 4.26. The lowest BCUT2D eigenvalue weighted by molar-refractivity contribution is 0.0211. The lowest BCUT2D eigenvalue weighted by Crippen LogP contribution is -2.45. The van der Waals surface area contributed by atoms with Gasteiger partial charge in [-0.3, -0.25) is 9.78 Å². The average Bonchev–Trinajstić information content (AvgIpc) is 3.33. The van der Waals surface area contributed by atoms with Gasteiger partial charge >= 0.3 is 0 Å². The van der Waals surface area contributed by atoms with Crippen molar-refractivity contribution < 1.29 is 9.90 Å². The molecule has 1 aliphatic carbocycles. The minimum Gasteiger partial charge on any atom is -0.393 e. The molecule has 2 aromatic heterocycles. The lowest BCUT2D eigenvalue weighted by atomic mass is 9.80. The monoisotopic (exact) mass is 341 g/mol. The molecule has 3 heterocycles. The second kappa shape index (κ2) is 6.92. The number of aromatic nitrogens is 4. The average molecular weight is 341 g/mol. The molecule has 0 bridgehead atoms. The van der Waals surface area contributed by atoms with Crippen molar-refractivity contribution >= 4 is 5.91 Å². The van der Waals surface area contributed by atoms with Crippen LogP contribution >= 0.6 is 0 Å². The number of aliphatic hydroxyl groups excluding tert-OH is 1. The molecule has 0 radical (unpaired) electrons. The van der Waals surface area contributed by atoms with Crippen LogP contribution in [0.15, 0.2) is 30.9 Å². The maximum Gasteiger partial charge on any atom is 0.255 e. The molecule has 7 nitrogen and oxygen atoms in total. The highest BCUT2D eigenvalue weighted by Crippen LogP contribution is 2.35. The summed E-state index contributed by atoms with van der Waals surface area (Å²) in [4.78, 5) is 19.2. The van der Waals surface area contributed by atoms with E-state index in [0.29, 0.717) is 5.56 Å². The van der Waals surface area contributed by atoms with Gasteiger partial charge in [0.1, 0.15) is 0 Å². The summed E-state index contributed by atoms with van der Waals surface area (Å²) in [7, 11) is 0. The number of amides is 1. The molecule has 3 unspecified atom stereocenters. The van der Waals surface area contributed by atoms with Crippen LogP contribution in [-0.2, 0) is 0 Å². The zero-order chi connectivity index (χ0) is 17.2. The van der Waals surface area contributed by atoms with E-state index in [4.69, 9.17) is 0 Å². The van der Waals surface area contributed by atoms with Crippen LogP contribution in [0.2, 0.25) is 0 Å². The highest BCUT2D eigenvalue weighted by atomic mass is 16.3. The fourth-order valence-corrected chi connectivity index (χ4v) is 4.26. The first-order chi connectivity index (χ1) is 12.2. The quantitative estimate of drug-likeness (QED) is 0.920. The van der Waals surface area contributed by atoms with Gasteiger partial charge in [0, 0.05) is 24.7 Å². The minimum atomic E-state index is -0.285. The Morgan fingerprint density at radius 3 is 2.84 bits per heavy atom. The molecule has 132 valence electrons. The number of likely N-dealkylation sites (tertiary alicyclic amines) is 1. The van der Waals surface area contributed by atoms with E-state index in [2.05, 4.69) is 15.3 Å². The number of hydrogen-bond acceptors (Lipinski definition) is 5. The summed E-state index contributed by atoms with van der Waals surface area (Å²) in [6.07, 6.45) is 12.4. The highest BCUT2D eigenvalue weighted by Gasteiger charge is 2.39. The molecular weight excluding hydrogens is 318 g/mol. The molecule has 1 saturated carbocycles. The van der Waals surface area contributed by atoms with Gasteiger partial charge in [0.25, 0.3) is 5.91 Å². The highest BCUT2D eigenvalue weighted by molar-refractivity contribution is 5.94. The molecule has 0 spiro atoms. The van der Waals surface area contributed by atoms with E-state index in [-0.39, 0.29) is 24.0 Å². The molecule has 1 saturated heterocycles. The summed E-state index contributed by atoms with van der Waals surface area (Å²) in [5.41, 5.74) is 1.28. The molecule has 3 atom stereocenters. The maximum absolute atomic E-state index is 13.1. The van der Waals surface area contributed by atoms with Gasteiger partial charge in [0.15, 0.2) is 0 Å². The number of carbonyl (C=O) groups is 1. The van der Waals surface area contributed by atoms with Gasteiger partial charge in [0.2, 0.25) is 0 Å². The first kappa shape index (κ1) is 16.2. The van der Waals surface area contributed by atoms with E-state index in [1.54, 1.807) is 35.5 Å². The third kappa shape index (κ3) is 3.16. The molecule has 2 aliphatic rings. The van der Waals surface area contributed by atoms with E-state index in [1.807, 2.05) is 4.90 Å². The predicted octanol–water partition coefficient (Wildman–Crippen LogP) is 1.82. The topological polar surface area (TPSA) is 84.1 Å². The Bertz CT molecular complexity index is 733. The molecule has 1 N–H and O–H groups in total. The molecule has 25 heavy (non-hydrogen) atoms. The Hall–Kier alpha value is -2.28. The molecular formula is C18H23N5O2. The first-order valence-electron chi connectivity index (χ1n) is 9.05. The van der Waals surface area contributed by atoms with Crippen molar-refractivity contribution in [2.75, 3.05) is 6.54 Å². The van der Waals surface area contributed by atoms with Gasteiger partial charge in [-0.2, -0.15) is 0 Å². The molecule has 1 aliphatic heterocycles. The van der Waals surface area contributed by atoms with Crippen LogP contribution in [0.25, 0.3) is 5.69 Å². The summed E-state index contributed by atoms with van der Waals surface area (Å²) in [5, 5.41) is 18.1. The normalized spacial score (nSPS) is 26.8. The maximum atomic E-state index is 13.1. The Morgan fingerprint density at radius 1 is 1.16 bits per heavy atom. The number of pyridine rings is 1. The Kier molecular flexibility index (Phi) is 4.48. The van der Waals surface area contributed by atoms with Crippen molar-refractivity contribution in [1.29, 1.82) is 0 Å². The van der Waals surface area contributed by atoms with Gasteiger partial charge in [-0.25, -0.2) is 4.68 Å². The minimum absolute atomic E-state index is 0.00487. The zero-order valence-electron chi connectivity index (χ0n) is 14.2. The summed E-state index contributed by atoms with van der Waals surface area (Å²) < 4.78 is 1.59. The van der Waals surface area contributed by atoms with E-state index in [0.717, 1.165) is 50.8 Å². The molecule has 1 amide bonds. The van der Waals surface area contributed by atoms with Crippen molar-refractivity contribution in [3.05, 3.63) is 36.4 Å². The number of carbonyl (C=O) groups excluding carboxylic acids is 1. The number of rotatable bonds is 3. The van der Waals surface area contributed by atoms with Gasteiger partial charge in [-0.1, -0.05) is 18.1 Å². The predicted molar refractivity (Wildman–Crippen MR) is 91.2 cm³/mol. The third-order valence-corrected chi connectivity index (χ3v) is 5.49. The Balaban J connectivity index is 1.56. The van der Waals surface area contributed by atoms with Gasteiger partial charge < -0.3 is 10.0 Å². The molecule has 2 fully saturated rings. The smallest absolute Gasteiger partial charge is 0.255 e. The van der Waals surface area contributed by atoms with Gasteiger partial charge in [0.05, 0.1) is 35.9 Å². The largest absolute Gasteiger partial charge is 0.393 e. The van der Waals surface area contributed by atoms with Crippen LogP contribution < -0.4 is 0 Å². The van der Waals surface area contributed by atoms with Crippen LogP contribution in [0, 0.1) is 5.92 Å². The molecule has 0 aromatic carbocycles. The number of nitrogens with zero attached hydrogens (tertiary/aromatic N) is 5. The van der Waals surface area contributed by atoms with Crippen molar-refractivity contribution in [3.8, 4) is 5.69 Å². The first-order valence-corrected chi connectivity index (χ1v) is 9.05. The number of hydrogen-bond donors (Lipinski definition) is 1. The summed E-state index contributed by atoms with van der Waals surface area (Å²) in [6.45, 7) is 0.750. The second-order valence-corrected chi connectivity index (χ2v) is 7.00. The summed E-state index contributed by atoms with van der Waals surface area (Å²) >= 11 is 0. The fraction of sp³-hybridized carbons (Fsp3) is 0.556. The zero-order valence-corrected chi connectivity index (χ0v) is 14.2. The van der Waals surface area contributed by atoms with E-state index < -0.39 is 0 Å². The van der Waals surface area contributed by atoms with Crippen molar-refractivity contribution in [2.24, 2.45) is 5.92 Å². The standard InChI is InChI=1S/C18H23N5O2/c24-17-6-2-1-4-15(17)16-5-3-8-22(16)18(25)13-10-14(12-19-11-13)23-9-7-20-21-23/h7,9-12,15-17,24H,1-6,8H2. The van der Waals surface area contributed by atoms with Crippen LogP contribution in [0.4, 0.5) is 0 Å². The van der Waals surface area contributed by atoms with Crippen molar-refractivity contribution in [1.82, 2.24) is 24.9 Å². The van der Waals surface area contributed by atoms with Crippen LogP contribution in [0.3, 0.4) is 0 Å². The van der Waals surface area contributed by atoms with E-state index in [9.17, 15) is 9.90 Å². The van der Waals surface area contributed by atoms with Gasteiger partial charge in [-0.05, 0) is 31.7 Å². The summed E-state index contributed by atoms with van der Waals surface area (Å²) in [5.74, 6) is 0.196. The lowest BCUT2D eigenvalue weighted by Gasteiger charge is -2.37. The molecule has 4 rings (SSSR count). The van der Waals surface area contributed by atoms with Crippen molar-refractivity contribution in [2.45, 2.75) is 50.7 Å². The molecule has 7 heteroatoms. The number of aliphatic hydroxyl groups is 1. The molecule has 2 aromatic rings.